The summed E-state index contributed by atoms with van der Waals surface area (Å²) in [6.45, 7) is 12.5. The van der Waals surface area contributed by atoms with E-state index in [4.69, 9.17) is 52.8 Å². The number of fused-ring (bicyclic) bond motifs is 4. The minimum atomic E-state index is -1.73. The summed E-state index contributed by atoms with van der Waals surface area (Å²) < 4.78 is 48.2. The molecule has 4 aromatic rings. The molecule has 17 nitrogen and oxygen atoms in total. The minimum absolute atomic E-state index is 0.0478. The van der Waals surface area contributed by atoms with Gasteiger partial charge in [0.1, 0.15) is 53.6 Å². The van der Waals surface area contributed by atoms with Crippen molar-refractivity contribution < 1.29 is 65.8 Å². The predicted octanol–water partition coefficient (Wildman–Crippen LogP) is 7.78. The van der Waals surface area contributed by atoms with Gasteiger partial charge in [-0.3, -0.25) is 23.5 Å². The van der Waals surface area contributed by atoms with Crippen molar-refractivity contribution in [1.82, 2.24) is 9.88 Å². The van der Waals surface area contributed by atoms with Crippen LogP contribution in [0.3, 0.4) is 0 Å². The number of halogens is 1. The standard InChI is InChI=1S/C54H61BClN4O13S2/c1-32-57-40(30-74-32)45(58-73-53(5,6)51(65)71-52(2,3)4)41(61)25-39-48(63)59-46(50(64)72-55)35(31-75(66)49(39)59)27-60-22-19-54(20-23-60,21-24-60)26-42(62)38-17-18-43(69-28-33-9-13-36(67-7)14-10-33)47(44(38)56)70-29-34-11-15-37(68-8)16-12-34/h9-18,30,39,49H,19-29,31H2,1-8H3/q+1/b58-45-/t39-,49-,54?,60?,75?/m1/s1. The molecular formula is C54H61BClN4O13S2+. The Balaban J connectivity index is 0.952. The Labute approximate surface area is 449 Å². The molecule has 9 rings (SSSR count). The molecule has 0 N–H and O–H groups in total. The Hall–Kier alpha value is -6.09. The van der Waals surface area contributed by atoms with Crippen LogP contribution in [-0.2, 0) is 57.4 Å². The van der Waals surface area contributed by atoms with Crippen LogP contribution < -0.4 is 18.9 Å². The third-order valence-electron chi connectivity index (χ3n) is 14.3. The number of amides is 1. The summed E-state index contributed by atoms with van der Waals surface area (Å²) in [6, 6.07) is 18.3. The quantitative estimate of drug-likeness (QED) is 0.0149. The molecule has 5 aliphatic heterocycles. The number of aryl methyl sites for hydroxylation is 1. The van der Waals surface area contributed by atoms with Gasteiger partial charge in [0.25, 0.3) is 0 Å². The smallest absolute Gasteiger partial charge is 0.378 e. The number of rotatable bonds is 21. The number of carbonyl (C=O) groups excluding carboxylic acids is 5. The molecule has 21 heteroatoms. The number of aromatic nitrogens is 1. The fourth-order valence-electron chi connectivity index (χ4n) is 10.0. The second-order valence-corrected chi connectivity index (χ2v) is 24.0. The molecule has 2 radical (unpaired) electrons. The number of thiazole rings is 1. The average Bonchev–Trinajstić information content (AvgIpc) is 3.82. The Morgan fingerprint density at radius 1 is 0.907 bits per heavy atom. The second kappa shape index (κ2) is 22.2. The number of hydrogen-bond acceptors (Lipinski definition) is 16. The summed E-state index contributed by atoms with van der Waals surface area (Å²) in [5, 5.41) is 5.48. The van der Waals surface area contributed by atoms with Crippen LogP contribution in [0.15, 0.2) is 82.5 Å². The van der Waals surface area contributed by atoms with Gasteiger partial charge < -0.3 is 37.7 Å². The van der Waals surface area contributed by atoms with Crippen LogP contribution in [0.1, 0.15) is 98.9 Å². The van der Waals surface area contributed by atoms with Crippen LogP contribution in [0.25, 0.3) is 0 Å². The molecule has 6 heterocycles. The number of methoxy groups -OCH3 is 2. The Kier molecular flexibility index (Phi) is 16.4. The van der Waals surface area contributed by atoms with Crippen molar-refractivity contribution in [2.45, 2.75) is 103 Å². The molecular weight excluding hydrogens is 1020 g/mol. The van der Waals surface area contributed by atoms with Crippen molar-refractivity contribution in [3.8, 4) is 23.0 Å². The van der Waals surface area contributed by atoms with E-state index in [0.717, 1.165) is 21.8 Å². The number of nitrogens with zero attached hydrogens (tertiary/aromatic N) is 4. The van der Waals surface area contributed by atoms with Gasteiger partial charge in [-0.15, -0.1) is 11.3 Å². The molecule has 0 spiro atoms. The van der Waals surface area contributed by atoms with Crippen LogP contribution in [0.4, 0.5) is 0 Å². The van der Waals surface area contributed by atoms with Crippen molar-refractivity contribution in [2.75, 3.05) is 46.2 Å². The highest BCUT2D eigenvalue weighted by molar-refractivity contribution is 7.86. The van der Waals surface area contributed by atoms with Gasteiger partial charge in [-0.25, -0.2) is 14.6 Å². The van der Waals surface area contributed by atoms with Gasteiger partial charge >= 0.3 is 20.0 Å². The molecule has 3 atom stereocenters. The van der Waals surface area contributed by atoms with E-state index in [9.17, 15) is 28.2 Å². The van der Waals surface area contributed by atoms with Gasteiger partial charge in [0.15, 0.2) is 28.8 Å². The van der Waals surface area contributed by atoms with Gasteiger partial charge in [0.2, 0.25) is 11.5 Å². The van der Waals surface area contributed by atoms with E-state index in [2.05, 4.69) is 10.1 Å². The Morgan fingerprint density at radius 3 is 2.05 bits per heavy atom. The number of piperidine rings is 3. The molecule has 1 aromatic heterocycles. The zero-order valence-electron chi connectivity index (χ0n) is 43.4. The highest BCUT2D eigenvalue weighted by Crippen LogP contribution is 2.50. The van der Waals surface area contributed by atoms with Crippen molar-refractivity contribution in [3.63, 3.8) is 0 Å². The number of β-lactam (4-membered cyclic amide) rings is 1. The number of oxime groups is 1. The first-order valence-electron chi connectivity index (χ1n) is 24.6. The van der Waals surface area contributed by atoms with Crippen LogP contribution in [0, 0.1) is 18.3 Å². The van der Waals surface area contributed by atoms with E-state index in [1.54, 1.807) is 59.4 Å². The van der Waals surface area contributed by atoms with Crippen molar-refractivity contribution in [1.29, 1.82) is 0 Å². The summed E-state index contributed by atoms with van der Waals surface area (Å²) in [5.74, 6) is -2.07. The first kappa shape index (κ1) is 55.2. The van der Waals surface area contributed by atoms with Gasteiger partial charge in [-0.05, 0) is 94.5 Å². The molecule has 2 bridgehead atoms. The predicted molar refractivity (Wildman–Crippen MR) is 281 cm³/mol. The van der Waals surface area contributed by atoms with Crippen LogP contribution >= 0.6 is 22.9 Å². The highest BCUT2D eigenvalue weighted by atomic mass is 35.5. The fraction of sp³-hybridized carbons (Fsp3) is 0.463. The third kappa shape index (κ3) is 12.1. The molecule has 396 valence electrons. The normalized spacial score (nSPS) is 22.4. The zero-order valence-corrected chi connectivity index (χ0v) is 45.7. The number of hydrogen-bond donors (Lipinski definition) is 0. The summed E-state index contributed by atoms with van der Waals surface area (Å²) in [4.78, 5) is 80.2. The maximum absolute atomic E-state index is 14.4. The monoisotopic (exact) mass is 1080 g/mol. The maximum atomic E-state index is 14.4. The lowest BCUT2D eigenvalue weighted by Crippen LogP contribution is -2.67. The van der Waals surface area contributed by atoms with Gasteiger partial charge in [0.05, 0.1) is 55.6 Å². The third-order valence-corrected chi connectivity index (χ3v) is 17.1. The topological polar surface area (TPSA) is 196 Å². The van der Waals surface area contributed by atoms with E-state index < -0.39 is 63.3 Å². The summed E-state index contributed by atoms with van der Waals surface area (Å²) in [6.07, 6.45) is 1.92. The van der Waals surface area contributed by atoms with E-state index >= 15 is 0 Å². The minimum Gasteiger partial charge on any atom is -0.539 e. The maximum Gasteiger partial charge on any atom is 0.378 e. The lowest BCUT2D eigenvalue weighted by molar-refractivity contribution is -0.941. The van der Waals surface area contributed by atoms with Crippen molar-refractivity contribution >= 4 is 76.9 Å². The molecule has 4 saturated heterocycles. The number of esters is 1. The van der Waals surface area contributed by atoms with E-state index in [1.807, 2.05) is 48.5 Å². The SMILES string of the molecule is [B]OC(=O)C1=C(C[N+]23CCC(CC(=O)c4ccc(OCc5ccc(OC)cc5)c(OCc5ccc(OC)cc5)c4Cl)(CC2)CC3)CS(=O)[C@@H]2[C@H](CC(=O)/C(=N\OC(C)(C)C(=O)OC(C)(C)C)c3csc(C)n3)C(=O)N12. The Bertz CT molecular complexity index is 2930. The number of ketones is 2. The summed E-state index contributed by atoms with van der Waals surface area (Å²) in [7, 11) is 6.95. The Morgan fingerprint density at radius 2 is 1.51 bits per heavy atom. The number of ether oxygens (including phenoxy) is 5. The molecule has 75 heavy (non-hydrogen) atoms. The molecule has 1 amide bonds. The highest BCUT2D eigenvalue weighted by Gasteiger charge is 2.59. The summed E-state index contributed by atoms with van der Waals surface area (Å²) >= 11 is 8.37. The van der Waals surface area contributed by atoms with Crippen molar-refractivity contribution in [2.24, 2.45) is 16.5 Å². The van der Waals surface area contributed by atoms with Gasteiger partial charge in [0, 0.05) is 59.4 Å². The van der Waals surface area contributed by atoms with Crippen LogP contribution in [-0.4, -0.2) is 124 Å². The lowest BCUT2D eigenvalue weighted by atomic mass is 9.67. The molecule has 1 unspecified atom stereocenters. The molecule has 4 fully saturated rings. The van der Waals surface area contributed by atoms with E-state index in [1.165, 1.54) is 25.2 Å². The first-order chi connectivity index (χ1) is 35.6. The first-order valence-corrected chi connectivity index (χ1v) is 27.2. The molecule has 3 aromatic carbocycles. The van der Waals surface area contributed by atoms with Gasteiger partial charge in [-0.2, -0.15) is 0 Å². The zero-order chi connectivity index (χ0) is 54.0. The lowest BCUT2D eigenvalue weighted by Gasteiger charge is -2.56. The van der Waals surface area contributed by atoms with E-state index in [0.29, 0.717) is 77.6 Å². The van der Waals surface area contributed by atoms with Crippen LogP contribution in [0.2, 0.25) is 5.02 Å². The van der Waals surface area contributed by atoms with Crippen LogP contribution in [0.5, 0.6) is 23.0 Å². The summed E-state index contributed by atoms with van der Waals surface area (Å²) in [5.41, 5.74) is -0.275. The molecule has 0 aliphatic carbocycles. The second-order valence-electron chi connectivity index (χ2n) is 21.1. The molecule has 0 saturated carbocycles. The largest absolute Gasteiger partial charge is 0.539 e. The number of quaternary nitrogens is 1. The average molecular weight is 1080 g/mol. The fourth-order valence-corrected chi connectivity index (χ4v) is 12.7. The number of carbonyl (C=O) groups is 5. The van der Waals surface area contributed by atoms with Gasteiger partial charge in [-0.1, -0.05) is 41.0 Å². The number of benzene rings is 3. The number of Topliss-reactive ketones (excluding diaryl/α,β-unsaturated/α-hetero) is 2. The van der Waals surface area contributed by atoms with E-state index in [-0.39, 0.29) is 64.5 Å². The molecule has 5 aliphatic rings. The van der Waals surface area contributed by atoms with Crippen molar-refractivity contribution in [3.05, 3.63) is 110 Å².